The highest BCUT2D eigenvalue weighted by Gasteiger charge is 2.35. The van der Waals surface area contributed by atoms with Gasteiger partial charge in [0.1, 0.15) is 30.3 Å². The van der Waals surface area contributed by atoms with Gasteiger partial charge in [0.2, 0.25) is 0 Å². The molecular formula is C20H18ClF3N2O6S. The van der Waals surface area contributed by atoms with E-state index < -0.39 is 46.5 Å². The molecule has 0 saturated heterocycles. The second-order valence-corrected chi connectivity index (χ2v) is 8.97. The number of alkyl halides is 3. The van der Waals surface area contributed by atoms with E-state index in [0.29, 0.717) is 6.07 Å². The molecule has 0 amide bonds. The molecule has 0 aromatic heterocycles. The van der Waals surface area contributed by atoms with E-state index in [2.05, 4.69) is 0 Å². The summed E-state index contributed by atoms with van der Waals surface area (Å²) in [7, 11) is -4.30. The zero-order valence-electron chi connectivity index (χ0n) is 17.0. The highest BCUT2D eigenvalue weighted by atomic mass is 35.5. The first-order chi connectivity index (χ1) is 15.3. The van der Waals surface area contributed by atoms with Gasteiger partial charge in [-0.15, -0.1) is 0 Å². The van der Waals surface area contributed by atoms with Gasteiger partial charge in [0.25, 0.3) is 10.2 Å². The maximum atomic E-state index is 13.3. The van der Waals surface area contributed by atoms with Crippen LogP contribution in [0.1, 0.15) is 40.9 Å². The fourth-order valence-electron chi connectivity index (χ4n) is 3.19. The lowest BCUT2D eigenvalue weighted by Gasteiger charge is -2.28. The Bertz CT molecular complexity index is 1200. The second-order valence-electron chi connectivity index (χ2n) is 7.24. The number of ketones is 2. The van der Waals surface area contributed by atoms with E-state index in [-0.39, 0.29) is 39.9 Å². The molecule has 178 valence electrons. The normalized spacial score (nSPS) is 17.2. The molecule has 0 bridgehead atoms. The summed E-state index contributed by atoms with van der Waals surface area (Å²) < 4.78 is 75.5. The van der Waals surface area contributed by atoms with Gasteiger partial charge in [-0.2, -0.15) is 26.3 Å². The van der Waals surface area contributed by atoms with Crippen LogP contribution >= 0.6 is 11.6 Å². The van der Waals surface area contributed by atoms with Gasteiger partial charge in [0.15, 0.2) is 11.6 Å². The summed E-state index contributed by atoms with van der Waals surface area (Å²) in [6.07, 6.45) is -5.96. The summed E-state index contributed by atoms with van der Waals surface area (Å²) in [6.45, 7) is 0.402. The van der Waals surface area contributed by atoms with Crippen molar-refractivity contribution in [2.75, 3.05) is 6.61 Å². The SMILES string of the molecule is CC(=O)[C@@H](COc1cc(C(F)(F)F)ccc1[C@@H]1CC(=O)c2cccc(Cl)c2O1)NS(N)(=O)=O. The fraction of sp³-hybridized carbons (Fsp3) is 0.300. The molecular weight excluding hydrogens is 489 g/mol. The molecule has 1 aliphatic rings. The zero-order chi connectivity index (χ0) is 24.6. The molecule has 0 radical (unpaired) electrons. The van der Waals surface area contributed by atoms with Crippen LogP contribution in [0.4, 0.5) is 13.2 Å². The van der Waals surface area contributed by atoms with Crippen molar-refractivity contribution in [3.05, 3.63) is 58.1 Å². The summed E-state index contributed by atoms with van der Waals surface area (Å²) in [5.41, 5.74) is -0.734. The number of ether oxygens (including phenoxy) is 2. The highest BCUT2D eigenvalue weighted by molar-refractivity contribution is 7.87. The molecule has 8 nitrogen and oxygen atoms in total. The Kier molecular flexibility index (Phi) is 7.03. The topological polar surface area (TPSA) is 125 Å². The Balaban J connectivity index is 1.98. The monoisotopic (exact) mass is 506 g/mol. The maximum absolute atomic E-state index is 13.3. The first-order valence-electron chi connectivity index (χ1n) is 9.39. The fourth-order valence-corrected chi connectivity index (χ4v) is 4.04. The van der Waals surface area contributed by atoms with Crippen LogP contribution in [0.3, 0.4) is 0 Å². The van der Waals surface area contributed by atoms with E-state index in [1.54, 1.807) is 6.07 Å². The molecule has 3 N–H and O–H groups in total. The van der Waals surface area contributed by atoms with Crippen LogP contribution < -0.4 is 19.3 Å². The number of fused-ring (bicyclic) bond motifs is 1. The minimum Gasteiger partial charge on any atom is -0.491 e. The Morgan fingerprint density at radius 3 is 2.64 bits per heavy atom. The van der Waals surface area contributed by atoms with E-state index in [9.17, 15) is 31.2 Å². The van der Waals surface area contributed by atoms with Crippen LogP contribution in [0, 0.1) is 0 Å². The van der Waals surface area contributed by atoms with E-state index in [1.165, 1.54) is 12.1 Å². The molecule has 3 rings (SSSR count). The summed E-state index contributed by atoms with van der Waals surface area (Å²) in [5.74, 6) is -1.28. The standard InChI is InChI=1S/C20H18ClF3N2O6S/c1-10(27)15(26-33(25,29)30)9-31-17-7-11(20(22,23)24)5-6-13(17)18-8-16(28)12-3-2-4-14(21)19(12)32-18/h2-7,15,18,26H,8-9H2,1H3,(H2,25,29,30)/t15-,18+/m1/s1. The van der Waals surface area contributed by atoms with Gasteiger partial charge in [-0.3, -0.25) is 9.59 Å². The first kappa shape index (κ1) is 25.0. The summed E-state index contributed by atoms with van der Waals surface area (Å²) in [5, 5.41) is 5.03. The van der Waals surface area contributed by atoms with Crippen molar-refractivity contribution >= 4 is 33.4 Å². The number of benzene rings is 2. The predicted octanol–water partition coefficient (Wildman–Crippen LogP) is 3.19. The first-order valence-corrected chi connectivity index (χ1v) is 11.3. The quantitative estimate of drug-likeness (QED) is 0.594. The molecule has 1 aliphatic heterocycles. The summed E-state index contributed by atoms with van der Waals surface area (Å²) >= 11 is 6.11. The van der Waals surface area contributed by atoms with Gasteiger partial charge in [-0.25, -0.2) is 5.14 Å². The molecule has 0 unspecified atom stereocenters. The van der Waals surface area contributed by atoms with Gasteiger partial charge >= 0.3 is 6.18 Å². The third-order valence-corrected chi connectivity index (χ3v) is 5.70. The summed E-state index contributed by atoms with van der Waals surface area (Å²) in [6, 6.07) is 5.69. The van der Waals surface area contributed by atoms with Gasteiger partial charge in [0.05, 0.1) is 22.6 Å². The number of rotatable bonds is 7. The number of nitrogens with two attached hydrogens (primary N) is 1. The Labute approximate surface area is 192 Å². The van der Waals surface area contributed by atoms with Crippen LogP contribution in [0.5, 0.6) is 11.5 Å². The molecule has 0 spiro atoms. The molecule has 2 aromatic carbocycles. The van der Waals surface area contributed by atoms with Crippen LogP contribution in [-0.2, 0) is 21.2 Å². The van der Waals surface area contributed by atoms with Crippen LogP contribution in [0.2, 0.25) is 5.02 Å². The van der Waals surface area contributed by atoms with Crippen molar-refractivity contribution in [3.63, 3.8) is 0 Å². The van der Waals surface area contributed by atoms with Crippen molar-refractivity contribution in [2.45, 2.75) is 31.7 Å². The van der Waals surface area contributed by atoms with E-state index >= 15 is 0 Å². The number of halogens is 4. The molecule has 2 aromatic rings. The Hall–Kier alpha value is -2.67. The molecule has 0 fully saturated rings. The number of Topliss-reactive ketones (excluding diaryl/α,β-unsaturated/α-hetero) is 2. The van der Waals surface area contributed by atoms with Crippen molar-refractivity contribution < 1.29 is 40.7 Å². The third kappa shape index (κ3) is 6.02. The van der Waals surface area contributed by atoms with E-state index in [1.807, 2.05) is 4.72 Å². The highest BCUT2D eigenvalue weighted by Crippen LogP contribution is 2.43. The molecule has 2 atom stereocenters. The van der Waals surface area contributed by atoms with Crippen molar-refractivity contribution in [1.82, 2.24) is 4.72 Å². The lowest BCUT2D eigenvalue weighted by atomic mass is 9.95. The Morgan fingerprint density at radius 2 is 2.03 bits per heavy atom. The van der Waals surface area contributed by atoms with Gasteiger partial charge in [0, 0.05) is 5.56 Å². The van der Waals surface area contributed by atoms with Gasteiger partial charge < -0.3 is 9.47 Å². The number of nitrogens with one attached hydrogen (secondary N) is 1. The molecule has 0 aliphatic carbocycles. The average Bonchev–Trinajstić information content (AvgIpc) is 2.70. The molecule has 13 heteroatoms. The number of carbonyl (C=O) groups excluding carboxylic acids is 2. The van der Waals surface area contributed by atoms with Crippen LogP contribution in [-0.4, -0.2) is 32.6 Å². The smallest absolute Gasteiger partial charge is 0.416 e. The number of carbonyl (C=O) groups is 2. The number of hydrogen-bond donors (Lipinski definition) is 2. The maximum Gasteiger partial charge on any atom is 0.416 e. The van der Waals surface area contributed by atoms with Gasteiger partial charge in [-0.1, -0.05) is 23.7 Å². The second kappa shape index (κ2) is 9.29. The van der Waals surface area contributed by atoms with Crippen LogP contribution in [0.25, 0.3) is 0 Å². The third-order valence-electron chi connectivity index (χ3n) is 4.79. The minimum atomic E-state index is -4.71. The molecule has 1 heterocycles. The van der Waals surface area contributed by atoms with Crippen LogP contribution in [0.15, 0.2) is 36.4 Å². The van der Waals surface area contributed by atoms with Crippen molar-refractivity contribution in [3.8, 4) is 11.5 Å². The van der Waals surface area contributed by atoms with Crippen molar-refractivity contribution in [1.29, 1.82) is 0 Å². The lowest BCUT2D eigenvalue weighted by Crippen LogP contribution is -2.46. The largest absolute Gasteiger partial charge is 0.491 e. The van der Waals surface area contributed by atoms with Gasteiger partial charge in [-0.05, 0) is 31.2 Å². The van der Waals surface area contributed by atoms with E-state index in [4.69, 9.17) is 26.2 Å². The van der Waals surface area contributed by atoms with Crippen molar-refractivity contribution in [2.24, 2.45) is 5.14 Å². The number of para-hydroxylation sites is 1. The zero-order valence-corrected chi connectivity index (χ0v) is 18.6. The average molecular weight is 507 g/mol. The molecule has 0 saturated carbocycles. The van der Waals surface area contributed by atoms with E-state index in [0.717, 1.165) is 19.1 Å². The predicted molar refractivity (Wildman–Crippen MR) is 111 cm³/mol. The molecule has 33 heavy (non-hydrogen) atoms. The lowest BCUT2D eigenvalue weighted by molar-refractivity contribution is -0.137. The summed E-state index contributed by atoms with van der Waals surface area (Å²) in [4.78, 5) is 24.3. The minimum absolute atomic E-state index is 0.0832. The number of hydrogen-bond acceptors (Lipinski definition) is 6. The Morgan fingerprint density at radius 1 is 1.33 bits per heavy atom.